The van der Waals surface area contributed by atoms with Gasteiger partial charge in [0, 0.05) is 0 Å². The lowest BCUT2D eigenvalue weighted by molar-refractivity contribution is -0.114. The predicted octanol–water partition coefficient (Wildman–Crippen LogP) is 8.82. The highest BCUT2D eigenvalue weighted by molar-refractivity contribution is 5.72. The molecule has 0 N–H and O–H groups in total. The smallest absolute Gasteiger partial charge is 0.126 e. The fourth-order valence-electron chi connectivity index (χ4n) is 2.76. The van der Waals surface area contributed by atoms with E-state index in [0.29, 0.717) is 0 Å². The van der Waals surface area contributed by atoms with Crippen LogP contribution in [0.5, 0.6) is 0 Å². The Balaban J connectivity index is 0.000000435. The Morgan fingerprint density at radius 2 is 1.00 bits per heavy atom. The molecule has 178 valence electrons. The van der Waals surface area contributed by atoms with Gasteiger partial charge in [0.15, 0.2) is 0 Å². The minimum atomic E-state index is 0.167. The van der Waals surface area contributed by atoms with Gasteiger partial charge in [0.25, 0.3) is 0 Å². The van der Waals surface area contributed by atoms with Gasteiger partial charge in [-0.1, -0.05) is 116 Å². The molecular weight excluding hydrogens is 400 g/mol. The van der Waals surface area contributed by atoms with Crippen molar-refractivity contribution in [2.24, 2.45) is 0 Å². The number of carbonyl (C=O) groups is 1. The highest BCUT2D eigenvalue weighted by Crippen LogP contribution is 2.06. The Kier molecular flexibility index (Phi) is 17.0. The summed E-state index contributed by atoms with van der Waals surface area (Å²) in [5.74, 6) is 0.167. The molecule has 3 aromatic carbocycles. The molecule has 0 unspecified atom stereocenters. The maximum Gasteiger partial charge on any atom is 0.126 e. The van der Waals surface area contributed by atoms with Crippen LogP contribution in [0.2, 0.25) is 0 Å². The average Bonchev–Trinajstić information content (AvgIpc) is 2.79. The second-order valence-corrected chi connectivity index (χ2v) is 8.46. The number of ketones is 1. The minimum Gasteiger partial charge on any atom is -0.300 e. The number of benzene rings is 3. The molecule has 0 atom stereocenters. The van der Waals surface area contributed by atoms with Crippen molar-refractivity contribution in [1.29, 1.82) is 0 Å². The summed E-state index contributed by atoms with van der Waals surface area (Å²) in [5.41, 5.74) is 8.20. The van der Waals surface area contributed by atoms with Gasteiger partial charge in [-0.25, -0.2) is 0 Å². The minimum absolute atomic E-state index is 0.167. The van der Waals surface area contributed by atoms with E-state index < -0.39 is 0 Å². The summed E-state index contributed by atoms with van der Waals surface area (Å²) in [4.78, 5) is 9.44. The van der Waals surface area contributed by atoms with Crippen LogP contribution in [0, 0.1) is 20.8 Å². The molecule has 0 aromatic heterocycles. The van der Waals surface area contributed by atoms with Gasteiger partial charge in [-0.2, -0.15) is 0 Å². The first-order chi connectivity index (χ1) is 15.7. The van der Waals surface area contributed by atoms with Gasteiger partial charge < -0.3 is 4.79 Å². The van der Waals surface area contributed by atoms with Crippen LogP contribution in [0.3, 0.4) is 0 Å². The number of rotatable bonds is 5. The highest BCUT2D eigenvalue weighted by Gasteiger charge is 1.90. The Hall–Kier alpha value is -2.93. The number of Topliss-reactive ketones (excluding diaryl/α,β-unsaturated/α-hetero) is 1. The topological polar surface area (TPSA) is 17.1 Å². The van der Waals surface area contributed by atoms with Crippen molar-refractivity contribution in [3.63, 3.8) is 0 Å². The first kappa shape index (κ1) is 30.1. The lowest BCUT2D eigenvalue weighted by Gasteiger charge is -1.99. The van der Waals surface area contributed by atoms with E-state index in [0.717, 1.165) is 12.8 Å². The van der Waals surface area contributed by atoms with Gasteiger partial charge >= 0.3 is 0 Å². The van der Waals surface area contributed by atoms with Crippen molar-refractivity contribution in [3.8, 4) is 0 Å². The Morgan fingerprint density at radius 3 is 1.33 bits per heavy atom. The first-order valence-corrected chi connectivity index (χ1v) is 12.0. The summed E-state index contributed by atoms with van der Waals surface area (Å²) in [7, 11) is 0. The second kappa shape index (κ2) is 18.6. The van der Waals surface area contributed by atoms with Gasteiger partial charge in [-0.15, -0.1) is 6.58 Å². The van der Waals surface area contributed by atoms with Gasteiger partial charge in [0.2, 0.25) is 0 Å². The molecule has 0 fully saturated rings. The van der Waals surface area contributed by atoms with Crippen LogP contribution in [0.1, 0.15) is 67.5 Å². The van der Waals surface area contributed by atoms with Crippen LogP contribution in [-0.4, -0.2) is 5.78 Å². The molecule has 0 aliphatic heterocycles. The number of hydrogen-bond acceptors (Lipinski definition) is 1. The summed E-state index contributed by atoms with van der Waals surface area (Å²) in [6.07, 6.45) is 6.49. The number of allylic oxidation sites excluding steroid dienone is 1. The van der Waals surface area contributed by atoms with Crippen molar-refractivity contribution in [3.05, 3.63) is 119 Å². The maximum absolute atomic E-state index is 9.44. The zero-order valence-corrected chi connectivity index (χ0v) is 21.9. The van der Waals surface area contributed by atoms with E-state index in [2.05, 4.69) is 114 Å². The zero-order chi connectivity index (χ0) is 25.1. The van der Waals surface area contributed by atoms with E-state index in [9.17, 15) is 4.79 Å². The van der Waals surface area contributed by atoms with E-state index in [-0.39, 0.29) is 5.78 Å². The van der Waals surface area contributed by atoms with Crippen molar-refractivity contribution in [2.45, 2.75) is 74.1 Å². The summed E-state index contributed by atoms with van der Waals surface area (Å²) >= 11 is 0. The monoisotopic (exact) mass is 444 g/mol. The van der Waals surface area contributed by atoms with Crippen molar-refractivity contribution in [1.82, 2.24) is 0 Å². The SMILES string of the molecule is C=CCc1ccc(C)cc1.CC(C)=O.CCCc1ccc(CC)cc1.Cc1ccc(C)cc1. The Morgan fingerprint density at radius 1 is 0.667 bits per heavy atom. The molecule has 1 nitrogen and oxygen atoms in total. The molecule has 3 rings (SSSR count). The fourth-order valence-corrected chi connectivity index (χ4v) is 2.76. The third-order valence-corrected chi connectivity index (χ3v) is 4.69. The van der Waals surface area contributed by atoms with Crippen LogP contribution < -0.4 is 0 Å². The predicted molar refractivity (Wildman–Crippen MR) is 147 cm³/mol. The van der Waals surface area contributed by atoms with Gasteiger partial charge in [0.1, 0.15) is 5.78 Å². The lowest BCUT2D eigenvalue weighted by atomic mass is 10.1. The van der Waals surface area contributed by atoms with Gasteiger partial charge in [0.05, 0.1) is 0 Å². The van der Waals surface area contributed by atoms with E-state index in [1.165, 1.54) is 60.1 Å². The fraction of sp³-hybridized carbons (Fsp3) is 0.344. The molecule has 1 heteroatoms. The maximum atomic E-state index is 9.44. The quantitative estimate of drug-likeness (QED) is 0.359. The molecule has 0 aliphatic rings. The van der Waals surface area contributed by atoms with Crippen LogP contribution in [0.4, 0.5) is 0 Å². The molecule has 0 radical (unpaired) electrons. The molecule has 33 heavy (non-hydrogen) atoms. The van der Waals surface area contributed by atoms with Crippen LogP contribution in [0.15, 0.2) is 85.5 Å². The Bertz CT molecular complexity index is 860. The van der Waals surface area contributed by atoms with E-state index in [1.54, 1.807) is 0 Å². The zero-order valence-electron chi connectivity index (χ0n) is 21.9. The summed E-state index contributed by atoms with van der Waals surface area (Å²) in [5, 5.41) is 0. The molecular formula is C32H44O. The molecule has 0 heterocycles. The normalized spacial score (nSPS) is 9.18. The Labute approximate surface area is 203 Å². The second-order valence-electron chi connectivity index (χ2n) is 8.46. The molecule has 0 bridgehead atoms. The number of aryl methyl sites for hydroxylation is 5. The average molecular weight is 445 g/mol. The number of hydrogen-bond donors (Lipinski definition) is 0. The lowest BCUT2D eigenvalue weighted by Crippen LogP contribution is -1.84. The summed E-state index contributed by atoms with van der Waals surface area (Å²) in [6.45, 7) is 17.4. The summed E-state index contributed by atoms with van der Waals surface area (Å²) < 4.78 is 0. The first-order valence-electron chi connectivity index (χ1n) is 12.0. The van der Waals surface area contributed by atoms with Crippen molar-refractivity contribution < 1.29 is 4.79 Å². The molecule has 0 aliphatic carbocycles. The molecule has 0 amide bonds. The number of carbonyl (C=O) groups excluding carboxylic acids is 1. The molecule has 0 saturated carbocycles. The van der Waals surface area contributed by atoms with Crippen molar-refractivity contribution >= 4 is 5.78 Å². The third-order valence-electron chi connectivity index (χ3n) is 4.69. The van der Waals surface area contributed by atoms with Crippen LogP contribution in [-0.2, 0) is 24.1 Å². The molecule has 0 spiro atoms. The summed E-state index contributed by atoms with van der Waals surface area (Å²) in [6, 6.07) is 25.9. The standard InChI is InChI=1S/C11H16.C10H12.C8H10.C3H6O/c1-3-5-11-8-6-10(4-2)7-9-11;1-3-4-10-7-5-9(2)6-8-10;1-7-3-5-8(2)6-4-7;1-3(2)4/h6-9H,3-5H2,1-2H3;3,5-8H,1,4H2,2H3;3-6H,1-2H3;1-2H3. The molecule has 0 saturated heterocycles. The van der Waals surface area contributed by atoms with E-state index in [4.69, 9.17) is 0 Å². The third kappa shape index (κ3) is 17.3. The van der Waals surface area contributed by atoms with Gasteiger partial charge in [-0.05, 0) is 70.6 Å². The van der Waals surface area contributed by atoms with Crippen LogP contribution in [0.25, 0.3) is 0 Å². The van der Waals surface area contributed by atoms with E-state index >= 15 is 0 Å². The van der Waals surface area contributed by atoms with Crippen LogP contribution >= 0.6 is 0 Å². The van der Waals surface area contributed by atoms with Crippen molar-refractivity contribution in [2.75, 3.05) is 0 Å². The molecule has 3 aromatic rings. The van der Waals surface area contributed by atoms with E-state index in [1.807, 2.05) is 6.08 Å². The van der Waals surface area contributed by atoms with Gasteiger partial charge in [-0.3, -0.25) is 0 Å². The highest BCUT2D eigenvalue weighted by atomic mass is 16.1. The largest absolute Gasteiger partial charge is 0.300 e.